The van der Waals surface area contributed by atoms with Crippen LogP contribution >= 0.6 is 0 Å². The number of non-ortho nitro benzene ring substituents is 1. The molecule has 0 unspecified atom stereocenters. The van der Waals surface area contributed by atoms with Crippen LogP contribution < -0.4 is 5.32 Å². The van der Waals surface area contributed by atoms with Crippen molar-refractivity contribution in [3.63, 3.8) is 0 Å². The Labute approximate surface area is 114 Å². The highest BCUT2D eigenvalue weighted by Gasteiger charge is 2.18. The number of anilines is 1. The first-order valence-corrected chi connectivity index (χ1v) is 7.59. The first kappa shape index (κ1) is 16.3. The molecule has 0 aliphatic heterocycles. The lowest BCUT2D eigenvalue weighted by molar-refractivity contribution is -0.385. The Morgan fingerprint density at radius 2 is 2.05 bits per heavy atom. The molecule has 1 N–H and O–H groups in total. The maximum Gasteiger partial charge on any atom is 0.270 e. The molecule has 0 fully saturated rings. The van der Waals surface area contributed by atoms with E-state index in [0.717, 1.165) is 18.2 Å². The van der Waals surface area contributed by atoms with Crippen molar-refractivity contribution in [2.24, 2.45) is 0 Å². The largest absolute Gasteiger partial charge is 0.384 e. The number of nitrogens with one attached hydrogen (secondary N) is 1. The molecule has 1 aromatic carbocycles. The molecular weight excluding hydrogens is 294 g/mol. The minimum Gasteiger partial charge on any atom is -0.384 e. The summed E-state index contributed by atoms with van der Waals surface area (Å²) in [5, 5.41) is 13.1. The second kappa shape index (κ2) is 6.60. The zero-order valence-electron chi connectivity index (χ0n) is 10.7. The second-order valence-corrected chi connectivity index (χ2v) is 6.47. The maximum atomic E-state index is 12.8. The van der Waals surface area contributed by atoms with Crippen molar-refractivity contribution in [2.45, 2.75) is 13.3 Å². The van der Waals surface area contributed by atoms with Crippen LogP contribution in [0.4, 0.5) is 20.2 Å². The van der Waals surface area contributed by atoms with Crippen LogP contribution in [0.2, 0.25) is 0 Å². The second-order valence-electron chi connectivity index (χ2n) is 3.99. The molecule has 20 heavy (non-hydrogen) atoms. The third-order valence-corrected chi connectivity index (χ3v) is 4.36. The van der Waals surface area contributed by atoms with Crippen molar-refractivity contribution in [3.8, 4) is 0 Å². The minimum atomic E-state index is -3.20. The van der Waals surface area contributed by atoms with Crippen LogP contribution in [0, 0.1) is 10.1 Å². The van der Waals surface area contributed by atoms with Gasteiger partial charge in [-0.05, 0) is 6.07 Å². The normalized spacial score (nSPS) is 11.6. The number of halogens is 2. The van der Waals surface area contributed by atoms with Crippen LogP contribution in [-0.4, -0.2) is 31.4 Å². The van der Waals surface area contributed by atoms with E-state index in [-0.39, 0.29) is 23.7 Å². The number of benzene rings is 1. The summed E-state index contributed by atoms with van der Waals surface area (Å²) in [5.41, 5.74) is -0.961. The average Bonchev–Trinajstić information content (AvgIpc) is 2.38. The van der Waals surface area contributed by atoms with Crippen molar-refractivity contribution in [3.05, 3.63) is 33.9 Å². The van der Waals surface area contributed by atoms with E-state index < -0.39 is 32.4 Å². The summed E-state index contributed by atoms with van der Waals surface area (Å²) in [6, 6.07) is 3.02. The lowest BCUT2D eigenvalue weighted by atomic mass is 10.1. The fraction of sp³-hybridized carbons (Fsp3) is 0.455. The van der Waals surface area contributed by atoms with Gasteiger partial charge in [-0.3, -0.25) is 10.1 Å². The number of sulfone groups is 1. The van der Waals surface area contributed by atoms with Gasteiger partial charge in [-0.1, -0.05) is 6.92 Å². The summed E-state index contributed by atoms with van der Waals surface area (Å²) < 4.78 is 48.2. The molecule has 0 amide bonds. The van der Waals surface area contributed by atoms with Gasteiger partial charge in [-0.15, -0.1) is 0 Å². The van der Waals surface area contributed by atoms with Crippen LogP contribution in [0.15, 0.2) is 18.2 Å². The molecule has 0 spiro atoms. The van der Waals surface area contributed by atoms with E-state index in [2.05, 4.69) is 5.32 Å². The average molecular weight is 308 g/mol. The quantitative estimate of drug-likeness (QED) is 0.617. The fourth-order valence-corrected chi connectivity index (χ4v) is 2.19. The van der Waals surface area contributed by atoms with Gasteiger partial charge in [-0.2, -0.15) is 0 Å². The smallest absolute Gasteiger partial charge is 0.270 e. The highest BCUT2D eigenvalue weighted by atomic mass is 32.2. The third-order valence-electron chi connectivity index (χ3n) is 2.65. The molecular formula is C11H14F2N2O4S. The van der Waals surface area contributed by atoms with Crippen LogP contribution in [0.1, 0.15) is 18.9 Å². The van der Waals surface area contributed by atoms with Crippen molar-refractivity contribution >= 4 is 21.2 Å². The van der Waals surface area contributed by atoms with E-state index in [4.69, 9.17) is 0 Å². The summed E-state index contributed by atoms with van der Waals surface area (Å²) in [5.74, 6) is -0.222. The first-order valence-electron chi connectivity index (χ1n) is 5.77. The lowest BCUT2D eigenvalue weighted by Crippen LogP contribution is -2.17. The topological polar surface area (TPSA) is 89.3 Å². The number of hydrogen-bond acceptors (Lipinski definition) is 5. The maximum absolute atomic E-state index is 12.8. The molecule has 0 saturated carbocycles. The van der Waals surface area contributed by atoms with Gasteiger partial charge in [0.25, 0.3) is 12.1 Å². The predicted octanol–water partition coefficient (Wildman–Crippen LogP) is 2.38. The molecule has 0 radical (unpaired) electrons. The van der Waals surface area contributed by atoms with Crippen molar-refractivity contribution < 1.29 is 22.1 Å². The monoisotopic (exact) mass is 308 g/mol. The van der Waals surface area contributed by atoms with Crippen LogP contribution in [0.5, 0.6) is 0 Å². The summed E-state index contributed by atoms with van der Waals surface area (Å²) >= 11 is 0. The Bertz CT molecular complexity index is 590. The molecule has 0 aliphatic rings. The van der Waals surface area contributed by atoms with Crippen molar-refractivity contribution in [1.82, 2.24) is 0 Å². The minimum absolute atomic E-state index is 0.00287. The Kier molecular flexibility index (Phi) is 5.37. The molecule has 1 rings (SSSR count). The van der Waals surface area contributed by atoms with Gasteiger partial charge in [0.05, 0.1) is 10.7 Å². The van der Waals surface area contributed by atoms with E-state index in [1.54, 1.807) is 0 Å². The van der Waals surface area contributed by atoms with Gasteiger partial charge in [0.15, 0.2) is 9.84 Å². The Morgan fingerprint density at radius 3 is 2.55 bits per heavy atom. The SMILES string of the molecule is CCS(=O)(=O)CCNc1ccc([N+](=O)[O-])cc1C(F)F. The summed E-state index contributed by atoms with van der Waals surface area (Å²) in [6.45, 7) is 1.46. The molecule has 0 heterocycles. The standard InChI is InChI=1S/C11H14F2N2O4S/c1-2-20(18,19)6-5-14-10-4-3-8(15(16)17)7-9(10)11(12)13/h3-4,7,11,14H,2,5-6H2,1H3. The molecule has 0 aliphatic carbocycles. The van der Waals surface area contributed by atoms with E-state index in [9.17, 15) is 27.3 Å². The number of nitro benzene ring substituents is 1. The lowest BCUT2D eigenvalue weighted by Gasteiger charge is -2.11. The Morgan fingerprint density at radius 1 is 1.40 bits per heavy atom. The zero-order valence-corrected chi connectivity index (χ0v) is 11.5. The molecule has 0 bridgehead atoms. The molecule has 0 saturated heterocycles. The summed E-state index contributed by atoms with van der Waals surface area (Å²) in [4.78, 5) is 9.77. The van der Waals surface area contributed by atoms with Gasteiger partial charge in [0, 0.05) is 35.7 Å². The highest BCUT2D eigenvalue weighted by Crippen LogP contribution is 2.30. The molecule has 112 valence electrons. The predicted molar refractivity (Wildman–Crippen MR) is 70.9 cm³/mol. The molecule has 1 aromatic rings. The van der Waals surface area contributed by atoms with E-state index in [1.807, 2.05) is 0 Å². The van der Waals surface area contributed by atoms with Crippen molar-refractivity contribution in [1.29, 1.82) is 0 Å². The number of rotatable bonds is 7. The summed E-state index contributed by atoms with van der Waals surface area (Å²) in [6.07, 6.45) is -2.89. The van der Waals surface area contributed by atoms with Gasteiger partial charge in [0.2, 0.25) is 0 Å². The van der Waals surface area contributed by atoms with Gasteiger partial charge in [-0.25, -0.2) is 17.2 Å². The number of hydrogen-bond donors (Lipinski definition) is 1. The first-order chi connectivity index (χ1) is 9.26. The van der Waals surface area contributed by atoms with Gasteiger partial charge < -0.3 is 5.32 Å². The molecule has 0 aromatic heterocycles. The summed E-state index contributed by atoms with van der Waals surface area (Å²) in [7, 11) is -3.20. The van der Waals surface area contributed by atoms with Crippen molar-refractivity contribution in [2.75, 3.05) is 23.4 Å². The van der Waals surface area contributed by atoms with Crippen LogP contribution in [-0.2, 0) is 9.84 Å². The molecule has 6 nitrogen and oxygen atoms in total. The van der Waals surface area contributed by atoms with E-state index in [0.29, 0.717) is 0 Å². The third kappa shape index (κ3) is 4.41. The molecule has 0 atom stereocenters. The fourth-order valence-electron chi connectivity index (χ4n) is 1.49. The van der Waals surface area contributed by atoms with E-state index in [1.165, 1.54) is 6.92 Å². The zero-order chi connectivity index (χ0) is 15.3. The van der Waals surface area contributed by atoms with Crippen LogP contribution in [0.25, 0.3) is 0 Å². The number of nitro groups is 1. The van der Waals surface area contributed by atoms with E-state index >= 15 is 0 Å². The van der Waals surface area contributed by atoms with Crippen LogP contribution in [0.3, 0.4) is 0 Å². The Balaban J connectivity index is 2.87. The Hall–Kier alpha value is -1.77. The number of nitrogens with zero attached hydrogens (tertiary/aromatic N) is 1. The van der Waals surface area contributed by atoms with Gasteiger partial charge >= 0.3 is 0 Å². The number of alkyl halides is 2. The molecule has 9 heteroatoms. The van der Waals surface area contributed by atoms with Gasteiger partial charge in [0.1, 0.15) is 0 Å². The highest BCUT2D eigenvalue weighted by molar-refractivity contribution is 7.91.